The van der Waals surface area contributed by atoms with Gasteiger partial charge in [-0.05, 0) is 44.9 Å². The Morgan fingerprint density at radius 2 is 0.354 bits per heavy atom. The van der Waals surface area contributed by atoms with Gasteiger partial charge in [-0.1, -0.05) is 273 Å². The minimum absolute atomic E-state index is 0. The van der Waals surface area contributed by atoms with E-state index in [4.69, 9.17) is 0 Å². The number of nitrogens with zero attached hydrogens (tertiary/aromatic N) is 8. The Morgan fingerprint density at radius 1 is 0.222 bits per heavy atom. The molecule has 37 heteroatoms. The summed E-state index contributed by atoms with van der Waals surface area (Å²) < 4.78 is 340. The summed E-state index contributed by atoms with van der Waals surface area (Å²) in [5.41, 5.74) is -7.18. The number of likely N-dealkylation sites (N-methyl/N-ethyl adjacent to an activating group) is 1. The highest BCUT2D eigenvalue weighted by Gasteiger charge is 2.96. The van der Waals surface area contributed by atoms with Crippen LogP contribution < -0.4 is 24.0 Å². The van der Waals surface area contributed by atoms with Crippen molar-refractivity contribution in [2.45, 2.75) is 335 Å². The molecule has 0 fully saturated rings. The fraction of sp³-hybridized carbons (Fsp3) is 1.00. The summed E-state index contributed by atoms with van der Waals surface area (Å²) in [5.74, 6) is -27.0. The smallest absolute Gasteiger partial charge is 0.341 e. The predicted octanol–water partition coefficient (Wildman–Crippen LogP) is 12.8. The number of quaternary nitrogens is 1. The van der Waals surface area contributed by atoms with Crippen molar-refractivity contribution in [2.75, 3.05) is 61.4 Å². The van der Waals surface area contributed by atoms with Crippen molar-refractivity contribution in [2.24, 2.45) is 0 Å². The topological polar surface area (TPSA) is 262 Å². The Bertz CT molecular complexity index is 2780. The van der Waals surface area contributed by atoms with E-state index in [1.54, 1.807) is 34.6 Å². The molecule has 0 aromatic rings. The van der Waals surface area contributed by atoms with E-state index in [1.165, 1.54) is 0 Å². The number of unbranched alkanes of at least 4 members (excludes halogenated alkanes) is 35. The molecule has 0 rings (SSSR count). The Labute approximate surface area is 612 Å². The second-order valence-corrected chi connectivity index (χ2v) is 40.3. The van der Waals surface area contributed by atoms with E-state index in [2.05, 4.69) is 0 Å². The summed E-state index contributed by atoms with van der Waals surface area (Å²) in [7, 11) is -48.6. The lowest BCUT2D eigenvalue weighted by Crippen LogP contribution is -3.00. The quantitative estimate of drug-likeness (QED) is 0.0137. The van der Waals surface area contributed by atoms with Crippen molar-refractivity contribution in [1.29, 1.82) is 0 Å². The van der Waals surface area contributed by atoms with Crippen molar-refractivity contribution in [3.63, 3.8) is 0 Å². The van der Waals surface area contributed by atoms with Gasteiger partial charge in [0.15, 0.2) is 0 Å². The van der Waals surface area contributed by atoms with Crippen LogP contribution in [0.2, 0.25) is 0 Å². The van der Waals surface area contributed by atoms with Gasteiger partial charge in [-0.2, -0.15) is 0 Å². The van der Waals surface area contributed by atoms with Gasteiger partial charge in [0.25, 0.3) is 0 Å². The van der Waals surface area contributed by atoms with Crippen molar-refractivity contribution in [3.8, 4) is 0 Å². The number of hydrogen-bond acceptors (Lipinski definition) is 14. The van der Waals surface area contributed by atoms with Gasteiger partial charge in [0.1, 0.15) is 0 Å². The lowest BCUT2D eigenvalue weighted by molar-refractivity contribution is -0.968. The molecule has 0 amide bonds. The fourth-order valence-corrected chi connectivity index (χ4v) is 22.4. The Morgan fingerprint density at radius 3 is 0.505 bits per heavy atom. The van der Waals surface area contributed by atoms with E-state index < -0.39 is 209 Å². The lowest BCUT2D eigenvalue weighted by atomic mass is 9.92. The van der Waals surface area contributed by atoms with Crippen molar-refractivity contribution in [1.82, 2.24) is 31.7 Å². The van der Waals surface area contributed by atoms with E-state index in [1.807, 2.05) is 13.8 Å². The second kappa shape index (κ2) is 49.5. The Balaban J connectivity index is 0. The van der Waals surface area contributed by atoms with Crippen LogP contribution in [0.3, 0.4) is 0 Å². The van der Waals surface area contributed by atoms with Gasteiger partial charge < -0.3 is 24.0 Å². The highest BCUT2D eigenvalue weighted by atomic mass is 127. The Hall–Kier alpha value is -0.430. The summed E-state index contributed by atoms with van der Waals surface area (Å²) in [5, 5.41) is 0. The molecule has 22 nitrogen and oxygen atoms in total. The van der Waals surface area contributed by atoms with Gasteiger partial charge >= 0.3 is 17.2 Å². The average molecular weight is 1690 g/mol. The van der Waals surface area contributed by atoms with Gasteiger partial charge in [0, 0.05) is 31.7 Å². The molecule has 0 unspecified atom stereocenters. The van der Waals surface area contributed by atoms with Crippen molar-refractivity contribution >= 4 is 70.2 Å². The van der Waals surface area contributed by atoms with Crippen LogP contribution in [0.15, 0.2) is 0 Å². The number of rotatable bonds is 66. The fourth-order valence-electron chi connectivity index (χ4n) is 11.9. The normalized spacial score (nSPS) is 14.0. The van der Waals surface area contributed by atoms with Gasteiger partial charge in [-0.25, -0.2) is 58.9 Å². The third-order valence-electron chi connectivity index (χ3n) is 17.6. The molecular formula is C62H128F7IN8O14S7. The molecule has 0 aromatic heterocycles. The van der Waals surface area contributed by atoms with Crippen LogP contribution in [0.1, 0.15) is 318 Å². The van der Waals surface area contributed by atoms with E-state index >= 15 is 90.3 Å². The summed E-state index contributed by atoms with van der Waals surface area (Å²) in [6.45, 7) is 12.6. The molecule has 0 spiro atoms. The molecule has 0 radical (unpaired) electrons. The van der Waals surface area contributed by atoms with E-state index in [-0.39, 0.29) is 135 Å². The summed E-state index contributed by atoms with van der Waals surface area (Å²) >= 11 is 0. The molecule has 0 saturated carbocycles. The zero-order valence-electron chi connectivity index (χ0n) is 61.3. The maximum absolute atomic E-state index is 20.6. The first-order valence-electron chi connectivity index (χ1n) is 36.4. The summed E-state index contributed by atoms with van der Waals surface area (Å²) in [6, 6.07) is 0. The SMILES string of the molecule is CCCCCCCCS(=O)(=O)N(F)C(N(F)S(=O)(=O)CCCCCCCC)(N(F)S(=O)(=O)CCCCCCCC)C(N(F)S(=O)(=O)CCCCCCCC)(N(F)S(=O)(=O)CCCCCCCC)C(N(F)S(=O)(=O)CCCCCCCC)(N(F)S(=O)(=O)CCCCCCCC)[N+](C)(C)C.[I-]. The molecular weight excluding hydrogens is 1570 g/mol. The van der Waals surface area contributed by atoms with Crippen LogP contribution in [0.4, 0.5) is 31.4 Å². The van der Waals surface area contributed by atoms with Crippen LogP contribution in [-0.4, -0.2) is 174 Å². The monoisotopic (exact) mass is 1690 g/mol. The largest absolute Gasteiger partial charge is 1.00 e. The van der Waals surface area contributed by atoms with Crippen LogP contribution in [0, 0.1) is 0 Å². The molecule has 99 heavy (non-hydrogen) atoms. The maximum atomic E-state index is 20.6. The molecule has 0 saturated heterocycles. The van der Waals surface area contributed by atoms with Gasteiger partial charge in [0.2, 0.25) is 70.2 Å². The standard InChI is InChI=1S/C62H128F7N8O14S7.HI/c1-11-18-25-32-39-46-53-92(78,79)70(63)60(71(64)93(80,81)54-47-40-33-26-19-12-2,62(77(8,9)10,75(68)97(88,89)58-51-44-37-30-23-16-6)76(69)98(90,91)59-52-45-38-31-24-17-7)61(72(65)94(82,83)55-48-41-34-27-20-13-3,73(66)95(84,85)56-49-42-35-28-21-14-4)74(67)96(86,87)57-50-43-36-29-22-15-5;/h11-59H2,1-10H3;1H/q+1;/p-1. The van der Waals surface area contributed by atoms with E-state index in [0.717, 1.165) is 0 Å². The van der Waals surface area contributed by atoms with Gasteiger partial charge in [-0.15, -0.1) is 31.4 Å². The summed E-state index contributed by atoms with van der Waals surface area (Å²) in [6.07, 6.45) is 2.84. The highest BCUT2D eigenvalue weighted by molar-refractivity contribution is 7.91. The number of halogens is 8. The molecule has 0 atom stereocenters. The first-order chi connectivity index (χ1) is 45.8. The average Bonchev–Trinajstić information content (AvgIpc) is 0.644. The Kier molecular flexibility index (Phi) is 50.3. The zero-order valence-corrected chi connectivity index (χ0v) is 69.2. The van der Waals surface area contributed by atoms with Crippen LogP contribution in [0.25, 0.3) is 0 Å². The minimum atomic E-state index is -7.18. The number of sulfonamides is 7. The molecule has 598 valence electrons. The third-order valence-corrected chi connectivity index (χ3v) is 28.5. The molecule has 0 aliphatic rings. The molecule has 0 aliphatic carbocycles. The lowest BCUT2D eigenvalue weighted by Gasteiger charge is -2.63. The maximum Gasteiger partial charge on any atom is 0.341 e. The minimum Gasteiger partial charge on any atom is -1.00 e. The third kappa shape index (κ3) is 29.6. The second-order valence-electron chi connectivity index (χ2n) is 27.0. The number of hydrogen-bond donors (Lipinski definition) is 0. The molecule has 0 bridgehead atoms. The first-order valence-corrected chi connectivity index (χ1v) is 47.7. The zero-order chi connectivity index (χ0) is 75.2. The molecule has 0 N–H and O–H groups in total. The van der Waals surface area contributed by atoms with E-state index in [0.29, 0.717) is 135 Å². The van der Waals surface area contributed by atoms with Crippen molar-refractivity contribution in [3.05, 3.63) is 0 Å². The first kappa shape index (κ1) is 101. The van der Waals surface area contributed by atoms with Crippen LogP contribution >= 0.6 is 0 Å². The van der Waals surface area contributed by atoms with Gasteiger partial charge in [0.05, 0.1) is 61.4 Å². The van der Waals surface area contributed by atoms with Crippen LogP contribution in [0.5, 0.6) is 0 Å². The van der Waals surface area contributed by atoms with Gasteiger partial charge in [-0.3, -0.25) is 4.48 Å². The molecule has 0 heterocycles. The summed E-state index contributed by atoms with van der Waals surface area (Å²) in [4.78, 5) is 0. The molecule has 0 aliphatic heterocycles. The van der Waals surface area contributed by atoms with Crippen molar-refractivity contribution < 1.29 is 119 Å². The van der Waals surface area contributed by atoms with E-state index in [9.17, 15) is 0 Å². The van der Waals surface area contributed by atoms with Crippen LogP contribution in [-0.2, 0) is 70.2 Å². The highest BCUT2D eigenvalue weighted by Crippen LogP contribution is 2.61. The predicted molar refractivity (Wildman–Crippen MR) is 377 cm³/mol. The molecule has 0 aromatic carbocycles.